The maximum atomic E-state index is 13.2. The standard InChI is InChI=1S/C18H23FO4/c1-12(2)11-22-17(20)15-8-3-4-9-16(15)18(21)23-14-7-5-6-13(19)10-14/h5-7,10,12,15-16H,3-4,8-9,11H2,1-2H3. The smallest absolute Gasteiger partial charge is 0.315 e. The summed E-state index contributed by atoms with van der Waals surface area (Å²) in [6, 6.07) is 5.44. The van der Waals surface area contributed by atoms with Gasteiger partial charge in [-0.1, -0.05) is 32.8 Å². The Morgan fingerprint density at radius 2 is 1.83 bits per heavy atom. The van der Waals surface area contributed by atoms with Gasteiger partial charge in [0.2, 0.25) is 0 Å². The molecule has 0 bridgehead atoms. The van der Waals surface area contributed by atoms with E-state index in [0.717, 1.165) is 18.9 Å². The highest BCUT2D eigenvalue weighted by atomic mass is 19.1. The van der Waals surface area contributed by atoms with Gasteiger partial charge in [0.1, 0.15) is 11.6 Å². The van der Waals surface area contributed by atoms with Gasteiger partial charge in [-0.15, -0.1) is 0 Å². The first-order valence-corrected chi connectivity index (χ1v) is 8.11. The molecule has 0 saturated heterocycles. The fraction of sp³-hybridized carbons (Fsp3) is 0.556. The topological polar surface area (TPSA) is 52.6 Å². The van der Waals surface area contributed by atoms with Gasteiger partial charge in [-0.25, -0.2) is 4.39 Å². The van der Waals surface area contributed by atoms with Gasteiger partial charge in [-0.2, -0.15) is 0 Å². The van der Waals surface area contributed by atoms with Gasteiger partial charge in [0.25, 0.3) is 0 Å². The number of esters is 2. The first-order chi connectivity index (χ1) is 11.0. The van der Waals surface area contributed by atoms with E-state index in [1.54, 1.807) is 0 Å². The summed E-state index contributed by atoms with van der Waals surface area (Å²) in [5.74, 6) is -1.86. The third-order valence-electron chi connectivity index (χ3n) is 3.94. The van der Waals surface area contributed by atoms with Crippen molar-refractivity contribution in [2.24, 2.45) is 17.8 Å². The van der Waals surface area contributed by atoms with Crippen LogP contribution in [0.1, 0.15) is 39.5 Å². The van der Waals surface area contributed by atoms with Crippen LogP contribution in [0.3, 0.4) is 0 Å². The van der Waals surface area contributed by atoms with Crippen molar-refractivity contribution in [3.63, 3.8) is 0 Å². The lowest BCUT2D eigenvalue weighted by atomic mass is 9.79. The van der Waals surface area contributed by atoms with E-state index in [9.17, 15) is 14.0 Å². The fourth-order valence-electron chi connectivity index (χ4n) is 2.77. The lowest BCUT2D eigenvalue weighted by Gasteiger charge is -2.28. The molecule has 1 fully saturated rings. The number of rotatable bonds is 5. The van der Waals surface area contributed by atoms with Crippen molar-refractivity contribution in [2.75, 3.05) is 6.61 Å². The first-order valence-electron chi connectivity index (χ1n) is 8.11. The molecule has 0 heterocycles. The Bertz CT molecular complexity index is 556. The van der Waals surface area contributed by atoms with E-state index in [1.165, 1.54) is 18.2 Å². The first kappa shape index (κ1) is 17.4. The average molecular weight is 322 g/mol. The van der Waals surface area contributed by atoms with E-state index in [-0.39, 0.29) is 17.6 Å². The van der Waals surface area contributed by atoms with Crippen molar-refractivity contribution >= 4 is 11.9 Å². The molecule has 4 nitrogen and oxygen atoms in total. The molecule has 2 unspecified atom stereocenters. The molecular formula is C18H23FO4. The van der Waals surface area contributed by atoms with Crippen LogP contribution in [0.5, 0.6) is 5.75 Å². The van der Waals surface area contributed by atoms with Crippen LogP contribution in [-0.4, -0.2) is 18.5 Å². The van der Waals surface area contributed by atoms with Crippen molar-refractivity contribution in [2.45, 2.75) is 39.5 Å². The number of halogens is 1. The van der Waals surface area contributed by atoms with E-state index in [4.69, 9.17) is 9.47 Å². The summed E-state index contributed by atoms with van der Waals surface area (Å²) >= 11 is 0. The predicted molar refractivity (Wildman–Crippen MR) is 83.3 cm³/mol. The zero-order valence-electron chi connectivity index (χ0n) is 13.6. The maximum Gasteiger partial charge on any atom is 0.315 e. The molecule has 2 atom stereocenters. The van der Waals surface area contributed by atoms with Gasteiger partial charge in [-0.3, -0.25) is 9.59 Å². The molecule has 1 aliphatic rings. The summed E-state index contributed by atoms with van der Waals surface area (Å²) in [6.45, 7) is 4.27. The second-order valence-electron chi connectivity index (χ2n) is 6.40. The molecule has 1 aromatic rings. The number of carbonyl (C=O) groups is 2. The van der Waals surface area contributed by atoms with Crippen LogP contribution in [0.2, 0.25) is 0 Å². The van der Waals surface area contributed by atoms with E-state index in [1.807, 2.05) is 13.8 Å². The zero-order chi connectivity index (χ0) is 16.8. The van der Waals surface area contributed by atoms with Crippen LogP contribution in [0.25, 0.3) is 0 Å². The minimum Gasteiger partial charge on any atom is -0.465 e. The number of hydrogen-bond acceptors (Lipinski definition) is 4. The van der Waals surface area contributed by atoms with Crippen molar-refractivity contribution in [1.82, 2.24) is 0 Å². The molecule has 0 aromatic heterocycles. The summed E-state index contributed by atoms with van der Waals surface area (Å²) < 4.78 is 23.7. The summed E-state index contributed by atoms with van der Waals surface area (Å²) in [6.07, 6.45) is 2.98. The summed E-state index contributed by atoms with van der Waals surface area (Å²) in [5.41, 5.74) is 0. The zero-order valence-corrected chi connectivity index (χ0v) is 13.6. The molecule has 0 radical (unpaired) electrons. The number of benzene rings is 1. The third-order valence-corrected chi connectivity index (χ3v) is 3.94. The Kier molecular flexibility index (Phi) is 6.13. The molecular weight excluding hydrogens is 299 g/mol. The van der Waals surface area contributed by atoms with Gasteiger partial charge < -0.3 is 9.47 Å². The highest BCUT2D eigenvalue weighted by Gasteiger charge is 2.38. The average Bonchev–Trinajstić information content (AvgIpc) is 2.52. The normalized spacial score (nSPS) is 21.0. The summed E-state index contributed by atoms with van der Waals surface area (Å²) in [4.78, 5) is 24.6. The van der Waals surface area contributed by atoms with Gasteiger partial charge in [0, 0.05) is 6.07 Å². The second kappa shape index (κ2) is 8.09. The van der Waals surface area contributed by atoms with E-state index >= 15 is 0 Å². The minimum absolute atomic E-state index is 0.162. The Hall–Kier alpha value is -1.91. The monoisotopic (exact) mass is 322 g/mol. The van der Waals surface area contributed by atoms with Crippen LogP contribution in [0, 0.1) is 23.6 Å². The van der Waals surface area contributed by atoms with Crippen LogP contribution in [0.15, 0.2) is 24.3 Å². The lowest BCUT2D eigenvalue weighted by molar-refractivity contribution is -0.159. The molecule has 1 aromatic carbocycles. The molecule has 23 heavy (non-hydrogen) atoms. The molecule has 0 N–H and O–H groups in total. The predicted octanol–water partition coefficient (Wildman–Crippen LogP) is 3.74. The van der Waals surface area contributed by atoms with Crippen LogP contribution < -0.4 is 4.74 Å². The Labute approximate surface area is 136 Å². The molecule has 126 valence electrons. The number of hydrogen-bond donors (Lipinski definition) is 0. The molecule has 0 spiro atoms. The van der Waals surface area contributed by atoms with Gasteiger partial charge in [0.15, 0.2) is 0 Å². The highest BCUT2D eigenvalue weighted by Crippen LogP contribution is 2.32. The van der Waals surface area contributed by atoms with E-state index in [0.29, 0.717) is 19.4 Å². The molecule has 2 rings (SSSR count). The lowest BCUT2D eigenvalue weighted by Crippen LogP contribution is -2.36. The number of carbonyl (C=O) groups excluding carboxylic acids is 2. The molecule has 0 aliphatic heterocycles. The van der Waals surface area contributed by atoms with E-state index < -0.39 is 23.6 Å². The van der Waals surface area contributed by atoms with Crippen molar-refractivity contribution in [1.29, 1.82) is 0 Å². The summed E-state index contributed by atoms with van der Waals surface area (Å²) in [5, 5.41) is 0. The largest absolute Gasteiger partial charge is 0.465 e. The van der Waals surface area contributed by atoms with Crippen LogP contribution >= 0.6 is 0 Å². The third kappa shape index (κ3) is 5.05. The van der Waals surface area contributed by atoms with Gasteiger partial charge in [-0.05, 0) is 30.9 Å². The van der Waals surface area contributed by atoms with Crippen LogP contribution in [0.4, 0.5) is 4.39 Å². The summed E-state index contributed by atoms with van der Waals surface area (Å²) in [7, 11) is 0. The molecule has 0 amide bonds. The minimum atomic E-state index is -0.522. The second-order valence-corrected chi connectivity index (χ2v) is 6.40. The van der Waals surface area contributed by atoms with E-state index in [2.05, 4.69) is 0 Å². The Morgan fingerprint density at radius 3 is 2.43 bits per heavy atom. The quantitative estimate of drug-likeness (QED) is 0.612. The van der Waals surface area contributed by atoms with Crippen molar-refractivity contribution < 1.29 is 23.5 Å². The molecule has 1 saturated carbocycles. The van der Waals surface area contributed by atoms with Gasteiger partial charge >= 0.3 is 11.9 Å². The Balaban J connectivity index is 2.02. The van der Waals surface area contributed by atoms with Crippen molar-refractivity contribution in [3.05, 3.63) is 30.1 Å². The highest BCUT2D eigenvalue weighted by molar-refractivity contribution is 5.83. The number of ether oxygens (including phenoxy) is 2. The van der Waals surface area contributed by atoms with Gasteiger partial charge in [0.05, 0.1) is 18.4 Å². The molecule has 5 heteroatoms. The Morgan fingerprint density at radius 1 is 1.17 bits per heavy atom. The van der Waals surface area contributed by atoms with Crippen LogP contribution in [-0.2, 0) is 14.3 Å². The van der Waals surface area contributed by atoms with Crippen molar-refractivity contribution in [3.8, 4) is 5.75 Å². The SMILES string of the molecule is CC(C)COC(=O)C1CCCCC1C(=O)Oc1cccc(F)c1. The maximum absolute atomic E-state index is 13.2. The molecule has 1 aliphatic carbocycles. The fourth-order valence-corrected chi connectivity index (χ4v) is 2.77.